The number of carbonyl (C=O) groups excluding carboxylic acids is 1. The van der Waals surface area contributed by atoms with Crippen molar-refractivity contribution in [3.63, 3.8) is 0 Å². The molecule has 3 aromatic carbocycles. The van der Waals surface area contributed by atoms with Gasteiger partial charge in [0.25, 0.3) is 0 Å². The number of ether oxygens (including phenoxy) is 2. The Bertz CT molecular complexity index is 1360. The Balaban J connectivity index is 1.29. The van der Waals surface area contributed by atoms with E-state index in [1.54, 1.807) is 18.2 Å². The number of nitrogens with zero attached hydrogens (tertiary/aromatic N) is 1. The number of alkyl halides is 1. The summed E-state index contributed by atoms with van der Waals surface area (Å²) in [6.45, 7) is 4.87. The fraction of sp³-hybridized carbons (Fsp3) is 0.276. The molecule has 1 fully saturated rings. The zero-order valence-corrected chi connectivity index (χ0v) is 20.9. The Labute approximate surface area is 213 Å². The molecule has 0 amide bonds. The molecule has 7 heteroatoms. The Morgan fingerprint density at radius 1 is 1.08 bits per heavy atom. The third-order valence-corrected chi connectivity index (χ3v) is 7.54. The van der Waals surface area contributed by atoms with Crippen LogP contribution in [0.4, 0.5) is 4.39 Å². The third kappa shape index (κ3) is 5.22. The standard InChI is InChI=1S/C29H28FNO4S/c1-19-5-2-3-6-24(19)27(33)29-28(25-12-7-21(32)15-26(25)36-29)35-23-10-8-22(9-11-23)34-14-4-13-31-17-20(16-30)18-31/h2-3,5-12,15,20,32H,4,13-14,16-18H2,1H3. The van der Waals surface area contributed by atoms with E-state index in [1.807, 2.05) is 55.5 Å². The Kier molecular flexibility index (Phi) is 7.20. The summed E-state index contributed by atoms with van der Waals surface area (Å²) >= 11 is 1.31. The maximum Gasteiger partial charge on any atom is 0.207 e. The van der Waals surface area contributed by atoms with Crippen LogP contribution in [0.3, 0.4) is 0 Å². The minimum Gasteiger partial charge on any atom is -0.508 e. The largest absolute Gasteiger partial charge is 0.508 e. The van der Waals surface area contributed by atoms with Gasteiger partial charge in [0.1, 0.15) is 22.1 Å². The molecule has 0 spiro atoms. The predicted molar refractivity (Wildman–Crippen MR) is 141 cm³/mol. The molecule has 36 heavy (non-hydrogen) atoms. The number of rotatable bonds is 10. The molecular weight excluding hydrogens is 477 g/mol. The Morgan fingerprint density at radius 3 is 2.58 bits per heavy atom. The summed E-state index contributed by atoms with van der Waals surface area (Å²) in [5.74, 6) is 2.05. The van der Waals surface area contributed by atoms with Crippen LogP contribution in [-0.2, 0) is 0 Å². The molecular formula is C29H28FNO4S. The average molecular weight is 506 g/mol. The molecule has 0 aliphatic carbocycles. The molecule has 1 aliphatic heterocycles. The number of likely N-dealkylation sites (tertiary alicyclic amines) is 1. The van der Waals surface area contributed by atoms with Gasteiger partial charge in [-0.1, -0.05) is 24.3 Å². The van der Waals surface area contributed by atoms with E-state index in [0.29, 0.717) is 28.5 Å². The van der Waals surface area contributed by atoms with Gasteiger partial charge in [-0.15, -0.1) is 11.3 Å². The molecule has 0 bridgehead atoms. The first kappa shape index (κ1) is 24.3. The van der Waals surface area contributed by atoms with E-state index in [-0.39, 0.29) is 24.1 Å². The van der Waals surface area contributed by atoms with Crippen molar-refractivity contribution in [1.29, 1.82) is 0 Å². The summed E-state index contributed by atoms with van der Waals surface area (Å²) in [5, 5.41) is 10.7. The Morgan fingerprint density at radius 2 is 1.83 bits per heavy atom. The van der Waals surface area contributed by atoms with Crippen LogP contribution in [0.5, 0.6) is 23.0 Å². The van der Waals surface area contributed by atoms with Gasteiger partial charge < -0.3 is 19.5 Å². The number of carbonyl (C=O) groups is 1. The van der Waals surface area contributed by atoms with Crippen LogP contribution < -0.4 is 9.47 Å². The molecule has 5 rings (SSSR count). The lowest BCUT2D eigenvalue weighted by Crippen LogP contribution is -2.48. The van der Waals surface area contributed by atoms with E-state index in [9.17, 15) is 14.3 Å². The van der Waals surface area contributed by atoms with Gasteiger partial charge in [-0.25, -0.2) is 0 Å². The Hall–Kier alpha value is -3.42. The molecule has 2 heterocycles. The number of ketones is 1. The number of benzene rings is 3. The number of aryl methyl sites for hydroxylation is 1. The van der Waals surface area contributed by atoms with Gasteiger partial charge in [0.15, 0.2) is 5.75 Å². The van der Waals surface area contributed by atoms with E-state index in [1.165, 1.54) is 11.3 Å². The van der Waals surface area contributed by atoms with Gasteiger partial charge in [0.2, 0.25) is 5.78 Å². The molecule has 0 saturated carbocycles. The minimum absolute atomic E-state index is 0.108. The molecule has 186 valence electrons. The van der Waals surface area contributed by atoms with E-state index in [2.05, 4.69) is 4.90 Å². The van der Waals surface area contributed by atoms with Crippen LogP contribution >= 0.6 is 11.3 Å². The van der Waals surface area contributed by atoms with Crippen molar-refractivity contribution in [3.8, 4) is 23.0 Å². The second-order valence-corrected chi connectivity index (χ2v) is 10.2. The van der Waals surface area contributed by atoms with E-state index < -0.39 is 0 Å². The van der Waals surface area contributed by atoms with Crippen molar-refractivity contribution in [3.05, 3.63) is 82.7 Å². The molecule has 0 atom stereocenters. The SMILES string of the molecule is Cc1ccccc1C(=O)c1sc2cc(O)ccc2c1Oc1ccc(OCCCN2CC(CF)C2)cc1. The average Bonchev–Trinajstić information content (AvgIpc) is 3.20. The number of thiophene rings is 1. The van der Waals surface area contributed by atoms with Gasteiger partial charge >= 0.3 is 0 Å². The number of fused-ring (bicyclic) bond motifs is 1. The fourth-order valence-electron chi connectivity index (χ4n) is 4.42. The summed E-state index contributed by atoms with van der Waals surface area (Å²) in [7, 11) is 0. The van der Waals surface area contributed by atoms with E-state index in [0.717, 1.165) is 47.5 Å². The molecule has 1 aromatic heterocycles. The van der Waals surface area contributed by atoms with E-state index in [4.69, 9.17) is 9.47 Å². The smallest absolute Gasteiger partial charge is 0.207 e. The summed E-state index contributed by atoms with van der Waals surface area (Å²) in [6, 6.07) is 19.8. The van der Waals surface area contributed by atoms with Crippen LogP contribution in [0.2, 0.25) is 0 Å². The normalized spacial score (nSPS) is 14.1. The first-order valence-corrected chi connectivity index (χ1v) is 12.9. The van der Waals surface area contributed by atoms with Crippen LogP contribution in [-0.4, -0.2) is 48.7 Å². The fourth-order valence-corrected chi connectivity index (χ4v) is 5.54. The number of aromatic hydroxyl groups is 1. The minimum atomic E-state index is -0.230. The maximum absolute atomic E-state index is 13.5. The lowest BCUT2D eigenvalue weighted by atomic mass is 10.0. The van der Waals surface area contributed by atoms with Crippen LogP contribution in [0.1, 0.15) is 27.2 Å². The van der Waals surface area contributed by atoms with Crippen molar-refractivity contribution in [1.82, 2.24) is 4.90 Å². The second kappa shape index (κ2) is 10.7. The number of phenolic OH excluding ortho intramolecular Hbond substituents is 1. The van der Waals surface area contributed by atoms with Crippen LogP contribution in [0.25, 0.3) is 10.1 Å². The van der Waals surface area contributed by atoms with E-state index >= 15 is 0 Å². The van der Waals surface area contributed by atoms with Gasteiger partial charge in [-0.05, 0) is 61.4 Å². The van der Waals surface area contributed by atoms with Gasteiger partial charge in [0, 0.05) is 41.2 Å². The summed E-state index contributed by atoms with van der Waals surface area (Å²) in [5.41, 5.74) is 1.52. The van der Waals surface area contributed by atoms with Crippen LogP contribution in [0.15, 0.2) is 66.7 Å². The van der Waals surface area contributed by atoms with Crippen molar-refractivity contribution < 1.29 is 23.8 Å². The number of hydrogen-bond donors (Lipinski definition) is 1. The number of phenols is 1. The highest BCUT2D eigenvalue weighted by Gasteiger charge is 2.26. The lowest BCUT2D eigenvalue weighted by Gasteiger charge is -2.37. The molecule has 5 nitrogen and oxygen atoms in total. The highest BCUT2D eigenvalue weighted by atomic mass is 32.1. The highest BCUT2D eigenvalue weighted by molar-refractivity contribution is 7.21. The van der Waals surface area contributed by atoms with Crippen LogP contribution in [0, 0.1) is 12.8 Å². The first-order valence-electron chi connectivity index (χ1n) is 12.1. The topological polar surface area (TPSA) is 59.0 Å². The zero-order valence-electron chi connectivity index (χ0n) is 20.1. The van der Waals surface area contributed by atoms with Gasteiger partial charge in [0.05, 0.1) is 13.3 Å². The van der Waals surface area contributed by atoms with Crippen molar-refractivity contribution in [2.45, 2.75) is 13.3 Å². The lowest BCUT2D eigenvalue weighted by molar-refractivity contribution is 0.0755. The molecule has 4 aromatic rings. The third-order valence-electron chi connectivity index (χ3n) is 6.41. The first-order chi connectivity index (χ1) is 17.5. The maximum atomic E-state index is 13.5. The van der Waals surface area contributed by atoms with Crippen molar-refractivity contribution >= 4 is 27.2 Å². The van der Waals surface area contributed by atoms with Gasteiger partial charge in [-0.2, -0.15) is 0 Å². The molecule has 0 radical (unpaired) electrons. The second-order valence-electron chi connectivity index (χ2n) is 9.14. The summed E-state index contributed by atoms with van der Waals surface area (Å²) in [6.07, 6.45) is 0.884. The number of halogens is 1. The summed E-state index contributed by atoms with van der Waals surface area (Å²) in [4.78, 5) is 16.2. The summed E-state index contributed by atoms with van der Waals surface area (Å²) < 4.78 is 25.4. The number of hydrogen-bond acceptors (Lipinski definition) is 6. The molecule has 1 N–H and O–H groups in total. The molecule has 1 aliphatic rings. The predicted octanol–water partition coefficient (Wildman–Crippen LogP) is 6.61. The monoisotopic (exact) mass is 505 g/mol. The molecule has 0 unspecified atom stereocenters. The van der Waals surface area contributed by atoms with Crippen molar-refractivity contribution in [2.75, 3.05) is 32.9 Å². The molecule has 1 saturated heterocycles. The highest BCUT2D eigenvalue weighted by Crippen LogP contribution is 2.43. The van der Waals surface area contributed by atoms with Gasteiger partial charge in [-0.3, -0.25) is 9.18 Å². The van der Waals surface area contributed by atoms with Crippen molar-refractivity contribution in [2.24, 2.45) is 5.92 Å². The quantitative estimate of drug-likeness (QED) is 0.194. The zero-order chi connectivity index (χ0) is 25.1.